The van der Waals surface area contributed by atoms with Gasteiger partial charge in [0.1, 0.15) is 23.7 Å². The summed E-state index contributed by atoms with van der Waals surface area (Å²) in [6, 6.07) is 17.9. The molecular weight excluding hydrogens is 478 g/mol. The average Bonchev–Trinajstić information content (AvgIpc) is 2.90. The van der Waals surface area contributed by atoms with Gasteiger partial charge in [-0.15, -0.1) is 0 Å². The fraction of sp³-hybridized carbons (Fsp3) is 0.172. The molecule has 2 N–H and O–H groups in total. The predicted molar refractivity (Wildman–Crippen MR) is 139 cm³/mol. The Balaban J connectivity index is 1.52. The summed E-state index contributed by atoms with van der Waals surface area (Å²) in [6.07, 6.45) is 3.68. The van der Waals surface area contributed by atoms with Crippen LogP contribution < -0.4 is 14.8 Å². The second-order valence-electron chi connectivity index (χ2n) is 8.29. The third-order valence-corrected chi connectivity index (χ3v) is 5.79. The van der Waals surface area contributed by atoms with Crippen molar-refractivity contribution >= 4 is 29.0 Å². The maximum atomic E-state index is 13.6. The van der Waals surface area contributed by atoms with E-state index in [-0.39, 0.29) is 24.0 Å². The Kier molecular flexibility index (Phi) is 8.10. The van der Waals surface area contributed by atoms with Crippen LogP contribution in [-0.4, -0.2) is 36.3 Å². The van der Waals surface area contributed by atoms with Gasteiger partial charge in [-0.05, 0) is 54.1 Å². The number of carboxylic acids is 1. The first-order valence-electron chi connectivity index (χ1n) is 11.7. The van der Waals surface area contributed by atoms with Crippen LogP contribution in [0.25, 0.3) is 23.1 Å². The Morgan fingerprint density at radius 3 is 2.62 bits per heavy atom. The molecular formula is C29H26F2N2O4. The number of halogens is 2. The summed E-state index contributed by atoms with van der Waals surface area (Å²) >= 11 is 0. The second kappa shape index (κ2) is 11.6. The molecule has 190 valence electrons. The minimum absolute atomic E-state index is 0.0248. The van der Waals surface area contributed by atoms with Gasteiger partial charge in [-0.25, -0.2) is 18.6 Å². The summed E-state index contributed by atoms with van der Waals surface area (Å²) in [6.45, 7) is 2.87. The van der Waals surface area contributed by atoms with Crippen LogP contribution in [0.5, 0.6) is 11.5 Å². The maximum absolute atomic E-state index is 13.6. The molecule has 3 aromatic carbocycles. The molecule has 1 atom stereocenters. The smallest absolute Gasteiger partial charge is 0.339 e. The van der Waals surface area contributed by atoms with Crippen LogP contribution in [0.3, 0.4) is 0 Å². The number of carboxylic acid groups (broad SMARTS) is 1. The molecule has 0 spiro atoms. The van der Waals surface area contributed by atoms with Gasteiger partial charge < -0.3 is 19.9 Å². The van der Waals surface area contributed by atoms with Gasteiger partial charge in [0.05, 0.1) is 24.4 Å². The molecule has 8 heteroatoms. The largest absolute Gasteiger partial charge is 0.497 e. The van der Waals surface area contributed by atoms with Crippen LogP contribution >= 0.6 is 0 Å². The van der Waals surface area contributed by atoms with Gasteiger partial charge in [0.15, 0.2) is 11.6 Å². The topological polar surface area (TPSA) is 80.7 Å². The van der Waals surface area contributed by atoms with E-state index in [0.717, 1.165) is 23.3 Å². The Labute approximate surface area is 213 Å². The first-order valence-corrected chi connectivity index (χ1v) is 11.7. The van der Waals surface area contributed by atoms with E-state index in [9.17, 15) is 18.7 Å². The van der Waals surface area contributed by atoms with Gasteiger partial charge >= 0.3 is 5.97 Å². The SMILES string of the molecule is CCN[C@@H](COc1ccc(OC)cc1C(=O)O)c1cccc(/C=C/c2ccc3cc(F)c(F)cc3n2)c1. The molecule has 4 aromatic rings. The number of hydrogen-bond donors (Lipinski definition) is 2. The molecule has 0 unspecified atom stereocenters. The summed E-state index contributed by atoms with van der Waals surface area (Å²) < 4.78 is 38.1. The molecule has 0 amide bonds. The lowest BCUT2D eigenvalue weighted by atomic mass is 10.0. The number of benzene rings is 3. The third kappa shape index (κ3) is 6.29. The highest BCUT2D eigenvalue weighted by molar-refractivity contribution is 5.91. The fourth-order valence-corrected chi connectivity index (χ4v) is 3.91. The van der Waals surface area contributed by atoms with Crippen molar-refractivity contribution in [3.63, 3.8) is 0 Å². The monoisotopic (exact) mass is 504 g/mol. The van der Waals surface area contributed by atoms with E-state index >= 15 is 0 Å². The fourth-order valence-electron chi connectivity index (χ4n) is 3.91. The molecule has 0 bridgehead atoms. The summed E-state index contributed by atoms with van der Waals surface area (Å²) in [5, 5.41) is 13.4. The number of aromatic carboxylic acids is 1. The molecule has 0 aliphatic carbocycles. The normalized spacial score (nSPS) is 12.1. The number of nitrogens with one attached hydrogen (secondary N) is 1. The quantitative estimate of drug-likeness (QED) is 0.271. The van der Waals surface area contributed by atoms with Gasteiger partial charge in [-0.3, -0.25) is 0 Å². The number of ether oxygens (including phenoxy) is 2. The lowest BCUT2D eigenvalue weighted by Crippen LogP contribution is -2.27. The number of aromatic nitrogens is 1. The zero-order chi connectivity index (χ0) is 26.4. The molecule has 4 rings (SSSR count). The standard InChI is InChI=1S/C29H26F2N2O4/c1-3-32-27(17-37-28-12-11-22(36-2)15-23(28)29(34)35)19-6-4-5-18(13-19)7-9-21-10-8-20-14-24(30)25(31)16-26(20)33-21/h4-16,27,32H,3,17H2,1-2H3,(H,34,35)/b9-7+/t27-/m0/s1. The van der Waals surface area contributed by atoms with Crippen LogP contribution in [-0.2, 0) is 0 Å². The van der Waals surface area contributed by atoms with Gasteiger partial charge in [-0.2, -0.15) is 0 Å². The van der Waals surface area contributed by atoms with Crippen molar-refractivity contribution < 1.29 is 28.2 Å². The van der Waals surface area contributed by atoms with Crippen molar-refractivity contribution in [3.8, 4) is 11.5 Å². The molecule has 0 aliphatic heterocycles. The van der Waals surface area contributed by atoms with Crippen molar-refractivity contribution in [2.45, 2.75) is 13.0 Å². The number of fused-ring (bicyclic) bond motifs is 1. The van der Waals surface area contributed by atoms with Gasteiger partial charge in [0.2, 0.25) is 0 Å². The average molecular weight is 505 g/mol. The molecule has 0 radical (unpaired) electrons. The van der Waals surface area contributed by atoms with E-state index in [0.29, 0.717) is 28.9 Å². The molecule has 1 aromatic heterocycles. The summed E-state index contributed by atoms with van der Waals surface area (Å²) in [5.41, 5.74) is 2.87. The second-order valence-corrected chi connectivity index (χ2v) is 8.29. The summed E-state index contributed by atoms with van der Waals surface area (Å²) in [7, 11) is 1.47. The molecule has 6 nitrogen and oxygen atoms in total. The lowest BCUT2D eigenvalue weighted by Gasteiger charge is -2.20. The van der Waals surface area contributed by atoms with E-state index in [2.05, 4.69) is 10.3 Å². The summed E-state index contributed by atoms with van der Waals surface area (Å²) in [4.78, 5) is 16.1. The minimum Gasteiger partial charge on any atom is -0.497 e. The van der Waals surface area contributed by atoms with Crippen LogP contribution in [0.1, 0.15) is 40.1 Å². The highest BCUT2D eigenvalue weighted by Crippen LogP contribution is 2.26. The van der Waals surface area contributed by atoms with Crippen molar-refractivity contribution in [2.75, 3.05) is 20.3 Å². The molecule has 0 fully saturated rings. The number of likely N-dealkylation sites (N-methyl/N-ethyl adjacent to an activating group) is 1. The molecule has 1 heterocycles. The van der Waals surface area contributed by atoms with Crippen LogP contribution in [0.4, 0.5) is 8.78 Å². The first-order chi connectivity index (χ1) is 17.9. The van der Waals surface area contributed by atoms with Crippen molar-refractivity contribution in [3.05, 3.63) is 101 Å². The Morgan fingerprint density at radius 2 is 1.86 bits per heavy atom. The van der Waals surface area contributed by atoms with Crippen LogP contribution in [0.2, 0.25) is 0 Å². The highest BCUT2D eigenvalue weighted by atomic mass is 19.2. The lowest BCUT2D eigenvalue weighted by molar-refractivity contribution is 0.0691. The zero-order valence-electron chi connectivity index (χ0n) is 20.4. The Morgan fingerprint density at radius 1 is 1.05 bits per heavy atom. The van der Waals surface area contributed by atoms with Crippen LogP contribution in [0, 0.1) is 11.6 Å². The number of rotatable bonds is 10. The molecule has 0 saturated heterocycles. The van der Waals surface area contributed by atoms with Crippen LogP contribution in [0.15, 0.2) is 66.7 Å². The highest BCUT2D eigenvalue weighted by Gasteiger charge is 2.16. The summed E-state index contributed by atoms with van der Waals surface area (Å²) in [5.74, 6) is -2.25. The number of pyridine rings is 1. The molecule has 0 saturated carbocycles. The van der Waals surface area contributed by atoms with E-state index in [1.165, 1.54) is 13.2 Å². The zero-order valence-corrected chi connectivity index (χ0v) is 20.4. The predicted octanol–water partition coefficient (Wildman–Crippen LogP) is 6.12. The Bertz CT molecular complexity index is 1460. The maximum Gasteiger partial charge on any atom is 0.339 e. The van der Waals surface area contributed by atoms with Gasteiger partial charge in [-0.1, -0.05) is 43.3 Å². The van der Waals surface area contributed by atoms with E-state index in [4.69, 9.17) is 9.47 Å². The number of nitrogens with zero attached hydrogens (tertiary/aromatic N) is 1. The van der Waals surface area contributed by atoms with E-state index in [1.54, 1.807) is 30.3 Å². The van der Waals surface area contributed by atoms with E-state index in [1.807, 2.05) is 37.3 Å². The number of hydrogen-bond acceptors (Lipinski definition) is 5. The molecule has 0 aliphatic rings. The minimum atomic E-state index is -1.10. The van der Waals surface area contributed by atoms with Crippen molar-refractivity contribution in [1.29, 1.82) is 0 Å². The molecule has 37 heavy (non-hydrogen) atoms. The number of carbonyl (C=O) groups is 1. The Hall–Kier alpha value is -4.30. The number of methoxy groups -OCH3 is 1. The van der Waals surface area contributed by atoms with Gasteiger partial charge in [0, 0.05) is 11.5 Å². The van der Waals surface area contributed by atoms with Crippen molar-refractivity contribution in [2.24, 2.45) is 0 Å². The third-order valence-electron chi connectivity index (χ3n) is 5.79. The van der Waals surface area contributed by atoms with Crippen molar-refractivity contribution in [1.82, 2.24) is 10.3 Å². The van der Waals surface area contributed by atoms with E-state index < -0.39 is 17.6 Å². The van der Waals surface area contributed by atoms with Gasteiger partial charge in [0.25, 0.3) is 0 Å². The first kappa shape index (κ1) is 25.8.